The van der Waals surface area contributed by atoms with Gasteiger partial charge < -0.3 is 5.11 Å². The Morgan fingerprint density at radius 3 is 2.69 bits per heavy atom. The minimum atomic E-state index is -0.692. The second kappa shape index (κ2) is 3.07. The average Bonchev–Trinajstić information content (AvgIpc) is 2.87. The average molecular weight is 181 g/mol. The largest absolute Gasteiger partial charge is 0.387 e. The van der Waals surface area contributed by atoms with E-state index in [4.69, 9.17) is 5.11 Å². The molecule has 2 nitrogen and oxygen atoms in total. The third-order valence-electron chi connectivity index (χ3n) is 2.34. The minimum Gasteiger partial charge on any atom is -0.387 e. The first-order valence-corrected chi connectivity index (χ1v) is 4.53. The zero-order chi connectivity index (χ0) is 9.42. The van der Waals surface area contributed by atoms with Gasteiger partial charge in [-0.1, -0.05) is 6.07 Å². The summed E-state index contributed by atoms with van der Waals surface area (Å²) in [7, 11) is 0. The van der Waals surface area contributed by atoms with Gasteiger partial charge in [0.2, 0.25) is 5.95 Å². The molecule has 1 aromatic rings. The SMILES string of the molecule is CC(O)c1ccc(C2CC2)c(F)n1. The molecule has 1 heterocycles. The van der Waals surface area contributed by atoms with Crippen LogP contribution in [0.25, 0.3) is 0 Å². The van der Waals surface area contributed by atoms with Gasteiger partial charge in [0, 0.05) is 5.56 Å². The van der Waals surface area contributed by atoms with Crippen molar-refractivity contribution >= 4 is 0 Å². The highest BCUT2D eigenvalue weighted by Crippen LogP contribution is 2.40. The van der Waals surface area contributed by atoms with E-state index in [0.29, 0.717) is 17.2 Å². The van der Waals surface area contributed by atoms with E-state index < -0.39 is 12.1 Å². The van der Waals surface area contributed by atoms with E-state index in [2.05, 4.69) is 4.98 Å². The van der Waals surface area contributed by atoms with Crippen LogP contribution in [-0.2, 0) is 0 Å². The minimum absolute atomic E-state index is 0.371. The lowest BCUT2D eigenvalue weighted by Gasteiger charge is -2.05. The van der Waals surface area contributed by atoms with Gasteiger partial charge in [0.25, 0.3) is 0 Å². The smallest absolute Gasteiger partial charge is 0.216 e. The summed E-state index contributed by atoms with van der Waals surface area (Å²) in [5.41, 5.74) is 1.10. The van der Waals surface area contributed by atoms with Crippen LogP contribution in [0.15, 0.2) is 12.1 Å². The Labute approximate surface area is 76.4 Å². The molecule has 2 rings (SSSR count). The van der Waals surface area contributed by atoms with E-state index in [1.54, 1.807) is 19.1 Å². The quantitative estimate of drug-likeness (QED) is 0.709. The summed E-state index contributed by atoms with van der Waals surface area (Å²) in [6, 6.07) is 3.43. The predicted octanol–water partition coefficient (Wildman–Crippen LogP) is 2.15. The predicted molar refractivity (Wildman–Crippen MR) is 46.8 cm³/mol. The molecular weight excluding hydrogens is 169 g/mol. The van der Waals surface area contributed by atoms with Crippen molar-refractivity contribution in [2.75, 3.05) is 0 Å². The molecular formula is C10H12FNO. The molecule has 0 radical (unpaired) electrons. The van der Waals surface area contributed by atoms with E-state index in [9.17, 15) is 4.39 Å². The van der Waals surface area contributed by atoms with Gasteiger partial charge in [0.05, 0.1) is 11.8 Å². The molecule has 1 N–H and O–H groups in total. The fourth-order valence-electron chi connectivity index (χ4n) is 1.39. The second-order valence-corrected chi connectivity index (χ2v) is 3.57. The van der Waals surface area contributed by atoms with Crippen LogP contribution in [0.2, 0.25) is 0 Å². The third kappa shape index (κ3) is 1.70. The van der Waals surface area contributed by atoms with E-state index in [1.807, 2.05) is 0 Å². The molecule has 1 fully saturated rings. The maximum absolute atomic E-state index is 13.3. The molecule has 0 saturated heterocycles. The number of pyridine rings is 1. The maximum atomic E-state index is 13.3. The van der Waals surface area contributed by atoms with Gasteiger partial charge in [0.15, 0.2) is 0 Å². The molecule has 0 spiro atoms. The van der Waals surface area contributed by atoms with Crippen molar-refractivity contribution in [2.45, 2.75) is 31.8 Å². The summed E-state index contributed by atoms with van der Waals surface area (Å²) >= 11 is 0. The van der Waals surface area contributed by atoms with Crippen molar-refractivity contribution in [1.29, 1.82) is 0 Å². The maximum Gasteiger partial charge on any atom is 0.216 e. The zero-order valence-electron chi connectivity index (χ0n) is 7.50. The molecule has 0 bridgehead atoms. The highest BCUT2D eigenvalue weighted by atomic mass is 19.1. The number of aromatic nitrogens is 1. The molecule has 0 aliphatic heterocycles. The Bertz CT molecular complexity index is 321. The Morgan fingerprint density at radius 1 is 1.54 bits per heavy atom. The van der Waals surface area contributed by atoms with Gasteiger partial charge in [-0.25, -0.2) is 4.98 Å². The van der Waals surface area contributed by atoms with Crippen molar-refractivity contribution in [2.24, 2.45) is 0 Å². The normalized spacial score (nSPS) is 18.7. The van der Waals surface area contributed by atoms with Gasteiger partial charge in [0.1, 0.15) is 0 Å². The van der Waals surface area contributed by atoms with Gasteiger partial charge in [-0.05, 0) is 31.7 Å². The molecule has 70 valence electrons. The Morgan fingerprint density at radius 2 is 2.23 bits per heavy atom. The molecule has 0 aromatic carbocycles. The summed E-state index contributed by atoms with van der Waals surface area (Å²) in [6.07, 6.45) is 1.43. The monoisotopic (exact) mass is 181 g/mol. The van der Waals surface area contributed by atoms with E-state index in [1.165, 1.54) is 0 Å². The molecule has 1 aliphatic rings. The van der Waals surface area contributed by atoms with Gasteiger partial charge in [-0.15, -0.1) is 0 Å². The number of rotatable bonds is 2. The number of nitrogens with zero attached hydrogens (tertiary/aromatic N) is 1. The van der Waals surface area contributed by atoms with Gasteiger partial charge in [-0.2, -0.15) is 4.39 Å². The number of hydrogen-bond donors (Lipinski definition) is 1. The fourth-order valence-corrected chi connectivity index (χ4v) is 1.39. The van der Waals surface area contributed by atoms with Crippen molar-refractivity contribution < 1.29 is 9.50 Å². The van der Waals surface area contributed by atoms with Crippen LogP contribution in [0, 0.1) is 5.95 Å². The summed E-state index contributed by atoms with van der Waals surface area (Å²) < 4.78 is 13.3. The van der Waals surface area contributed by atoms with Gasteiger partial charge in [-0.3, -0.25) is 0 Å². The lowest BCUT2D eigenvalue weighted by molar-refractivity contribution is 0.193. The zero-order valence-corrected chi connectivity index (χ0v) is 7.50. The highest BCUT2D eigenvalue weighted by molar-refractivity contribution is 5.24. The van der Waals surface area contributed by atoms with Crippen molar-refractivity contribution in [3.05, 3.63) is 29.3 Å². The van der Waals surface area contributed by atoms with Crippen molar-refractivity contribution in [3.8, 4) is 0 Å². The Kier molecular flexibility index (Phi) is 2.04. The topological polar surface area (TPSA) is 33.1 Å². The number of aliphatic hydroxyl groups excluding tert-OH is 1. The number of halogens is 1. The van der Waals surface area contributed by atoms with Gasteiger partial charge >= 0.3 is 0 Å². The Balaban J connectivity index is 2.31. The molecule has 1 aliphatic carbocycles. The molecule has 1 aromatic heterocycles. The van der Waals surface area contributed by atoms with Crippen LogP contribution in [-0.4, -0.2) is 10.1 Å². The van der Waals surface area contributed by atoms with Crippen LogP contribution in [0.5, 0.6) is 0 Å². The van der Waals surface area contributed by atoms with Crippen LogP contribution in [0.1, 0.15) is 43.0 Å². The lowest BCUT2D eigenvalue weighted by atomic mass is 10.1. The van der Waals surface area contributed by atoms with E-state index >= 15 is 0 Å². The molecule has 1 unspecified atom stereocenters. The standard InChI is InChI=1S/C10H12FNO/c1-6(13)9-5-4-8(7-2-3-7)10(11)12-9/h4-7,13H,2-3H2,1H3. The van der Waals surface area contributed by atoms with Crippen molar-refractivity contribution in [3.63, 3.8) is 0 Å². The molecule has 1 saturated carbocycles. The van der Waals surface area contributed by atoms with Crippen LogP contribution in [0.4, 0.5) is 4.39 Å². The summed E-state index contributed by atoms with van der Waals surface area (Å²) in [6.45, 7) is 1.58. The second-order valence-electron chi connectivity index (χ2n) is 3.57. The first-order valence-electron chi connectivity index (χ1n) is 4.53. The molecule has 13 heavy (non-hydrogen) atoms. The first-order chi connectivity index (χ1) is 6.18. The summed E-state index contributed by atoms with van der Waals surface area (Å²) in [4.78, 5) is 3.72. The summed E-state index contributed by atoms with van der Waals surface area (Å²) in [5.74, 6) is -0.0450. The summed E-state index contributed by atoms with van der Waals surface area (Å²) in [5, 5.41) is 9.16. The highest BCUT2D eigenvalue weighted by Gasteiger charge is 2.27. The fraction of sp³-hybridized carbons (Fsp3) is 0.500. The van der Waals surface area contributed by atoms with Crippen LogP contribution < -0.4 is 0 Å². The molecule has 1 atom stereocenters. The lowest BCUT2D eigenvalue weighted by Crippen LogP contribution is -2.00. The Hall–Kier alpha value is -0.960. The van der Waals surface area contributed by atoms with E-state index in [-0.39, 0.29) is 0 Å². The number of aliphatic hydroxyl groups is 1. The number of hydrogen-bond acceptors (Lipinski definition) is 2. The molecule has 0 amide bonds. The van der Waals surface area contributed by atoms with Crippen LogP contribution in [0.3, 0.4) is 0 Å². The van der Waals surface area contributed by atoms with Crippen molar-refractivity contribution in [1.82, 2.24) is 4.98 Å². The third-order valence-corrected chi connectivity index (χ3v) is 2.34. The first kappa shape index (κ1) is 8.63. The molecule has 3 heteroatoms. The van der Waals surface area contributed by atoms with E-state index in [0.717, 1.165) is 12.8 Å². The van der Waals surface area contributed by atoms with Crippen LogP contribution >= 0.6 is 0 Å².